The van der Waals surface area contributed by atoms with Crippen LogP contribution in [0.2, 0.25) is 0 Å². The Labute approximate surface area is 130 Å². The standard InChI is InChI=1S/C16H22N4O2/c1-5-11-7-17-14(18-8-11)19-9-13-6-12(19)10-20(13)15(21)22-16(2,3)4/h5,7-8,12-13H,1,6,9-10H2,2-4H3/t12?,13-/m0/s1. The maximum Gasteiger partial charge on any atom is 0.410 e. The normalized spacial score (nSPS) is 23.8. The molecule has 2 bridgehead atoms. The second kappa shape index (κ2) is 5.26. The average Bonchev–Trinajstić information content (AvgIpc) is 3.05. The van der Waals surface area contributed by atoms with Crippen LogP contribution in [0.15, 0.2) is 19.0 Å². The Bertz CT molecular complexity index is 579. The van der Waals surface area contributed by atoms with E-state index in [1.54, 1.807) is 18.5 Å². The van der Waals surface area contributed by atoms with Crippen LogP contribution in [0.4, 0.5) is 10.7 Å². The van der Waals surface area contributed by atoms with Crippen molar-refractivity contribution in [3.05, 3.63) is 24.5 Å². The Morgan fingerprint density at radius 3 is 2.50 bits per heavy atom. The van der Waals surface area contributed by atoms with Crippen LogP contribution in [-0.4, -0.2) is 51.7 Å². The molecule has 3 rings (SSSR count). The molecule has 118 valence electrons. The highest BCUT2D eigenvalue weighted by Crippen LogP contribution is 2.33. The van der Waals surface area contributed by atoms with E-state index in [9.17, 15) is 4.79 Å². The highest BCUT2D eigenvalue weighted by atomic mass is 16.6. The molecule has 6 nitrogen and oxygen atoms in total. The van der Waals surface area contributed by atoms with Gasteiger partial charge in [-0.3, -0.25) is 0 Å². The minimum absolute atomic E-state index is 0.183. The second-order valence-electron chi connectivity index (χ2n) is 6.85. The molecular weight excluding hydrogens is 280 g/mol. The Morgan fingerprint density at radius 2 is 2.00 bits per heavy atom. The second-order valence-corrected chi connectivity index (χ2v) is 6.85. The van der Waals surface area contributed by atoms with Crippen molar-refractivity contribution in [1.82, 2.24) is 14.9 Å². The molecule has 0 aliphatic carbocycles. The van der Waals surface area contributed by atoms with E-state index < -0.39 is 5.60 Å². The van der Waals surface area contributed by atoms with Crippen LogP contribution in [0.5, 0.6) is 0 Å². The van der Waals surface area contributed by atoms with E-state index in [4.69, 9.17) is 4.74 Å². The number of aromatic nitrogens is 2. The summed E-state index contributed by atoms with van der Waals surface area (Å²) in [6.45, 7) is 10.8. The Balaban J connectivity index is 1.66. The highest BCUT2D eigenvalue weighted by molar-refractivity contribution is 5.70. The van der Waals surface area contributed by atoms with E-state index in [-0.39, 0.29) is 18.2 Å². The van der Waals surface area contributed by atoms with E-state index in [0.717, 1.165) is 24.5 Å². The Morgan fingerprint density at radius 1 is 1.32 bits per heavy atom. The van der Waals surface area contributed by atoms with Gasteiger partial charge in [-0.25, -0.2) is 14.8 Å². The quantitative estimate of drug-likeness (QED) is 0.839. The molecule has 2 aliphatic rings. The largest absolute Gasteiger partial charge is 0.444 e. The van der Waals surface area contributed by atoms with E-state index >= 15 is 0 Å². The molecule has 0 radical (unpaired) electrons. The van der Waals surface area contributed by atoms with Gasteiger partial charge in [0.05, 0.1) is 12.1 Å². The lowest BCUT2D eigenvalue weighted by Crippen LogP contribution is -2.50. The molecule has 2 aliphatic heterocycles. The minimum Gasteiger partial charge on any atom is -0.444 e. The topological polar surface area (TPSA) is 58.6 Å². The number of nitrogens with zero attached hydrogens (tertiary/aromatic N) is 4. The maximum atomic E-state index is 12.2. The first-order chi connectivity index (χ1) is 10.4. The molecule has 2 saturated heterocycles. The minimum atomic E-state index is -0.456. The van der Waals surface area contributed by atoms with Gasteiger partial charge in [0.1, 0.15) is 5.60 Å². The van der Waals surface area contributed by atoms with Gasteiger partial charge in [-0.15, -0.1) is 0 Å². The van der Waals surface area contributed by atoms with Gasteiger partial charge in [0.15, 0.2) is 0 Å². The van der Waals surface area contributed by atoms with Crippen molar-refractivity contribution < 1.29 is 9.53 Å². The molecular formula is C16H22N4O2. The van der Waals surface area contributed by atoms with Crippen LogP contribution in [-0.2, 0) is 4.74 Å². The molecule has 1 aromatic rings. The molecule has 2 atom stereocenters. The predicted octanol–water partition coefficient (Wildman–Crippen LogP) is 2.32. The first-order valence-electron chi connectivity index (χ1n) is 7.58. The molecule has 2 fully saturated rings. The van der Waals surface area contributed by atoms with Crippen molar-refractivity contribution in [2.75, 3.05) is 18.0 Å². The van der Waals surface area contributed by atoms with Crippen molar-refractivity contribution >= 4 is 18.1 Å². The van der Waals surface area contributed by atoms with Crippen LogP contribution in [0.25, 0.3) is 6.08 Å². The number of rotatable bonds is 2. The van der Waals surface area contributed by atoms with Crippen LogP contribution in [0.3, 0.4) is 0 Å². The van der Waals surface area contributed by atoms with Gasteiger partial charge in [0.2, 0.25) is 5.95 Å². The summed E-state index contributed by atoms with van der Waals surface area (Å²) in [4.78, 5) is 25.0. The third-order valence-electron chi connectivity index (χ3n) is 4.02. The number of amides is 1. The molecule has 3 heterocycles. The number of fused-ring (bicyclic) bond motifs is 2. The fourth-order valence-corrected chi connectivity index (χ4v) is 3.04. The predicted molar refractivity (Wildman–Crippen MR) is 84.6 cm³/mol. The summed E-state index contributed by atoms with van der Waals surface area (Å²) < 4.78 is 5.47. The van der Waals surface area contributed by atoms with Gasteiger partial charge in [0.25, 0.3) is 0 Å². The molecule has 22 heavy (non-hydrogen) atoms. The number of anilines is 1. The molecule has 0 spiro atoms. The monoisotopic (exact) mass is 302 g/mol. The van der Waals surface area contributed by atoms with Gasteiger partial charge in [-0.1, -0.05) is 12.7 Å². The third kappa shape index (κ3) is 2.77. The lowest BCUT2D eigenvalue weighted by molar-refractivity contribution is 0.0214. The molecule has 0 aromatic carbocycles. The summed E-state index contributed by atoms with van der Waals surface area (Å²) in [6, 6.07) is 0.453. The average molecular weight is 302 g/mol. The summed E-state index contributed by atoms with van der Waals surface area (Å²) in [5, 5.41) is 0. The number of ether oxygens (including phenoxy) is 1. The number of hydrogen-bond acceptors (Lipinski definition) is 5. The molecule has 6 heteroatoms. The van der Waals surface area contributed by atoms with Gasteiger partial charge in [-0.2, -0.15) is 0 Å². The molecule has 1 amide bonds. The van der Waals surface area contributed by atoms with Gasteiger partial charge in [0, 0.05) is 31.0 Å². The third-order valence-corrected chi connectivity index (χ3v) is 4.02. The van der Waals surface area contributed by atoms with Gasteiger partial charge < -0.3 is 14.5 Å². The summed E-state index contributed by atoms with van der Waals surface area (Å²) in [7, 11) is 0. The van der Waals surface area contributed by atoms with Crippen LogP contribution in [0.1, 0.15) is 32.8 Å². The number of likely N-dealkylation sites (tertiary alicyclic amines) is 1. The zero-order valence-electron chi connectivity index (χ0n) is 13.3. The van der Waals surface area contributed by atoms with Crippen molar-refractivity contribution in [3.8, 4) is 0 Å². The fourth-order valence-electron chi connectivity index (χ4n) is 3.04. The lowest BCUT2D eigenvalue weighted by atomic mass is 10.2. The molecule has 0 saturated carbocycles. The van der Waals surface area contributed by atoms with Crippen LogP contribution in [0, 0.1) is 0 Å². The number of hydrogen-bond donors (Lipinski definition) is 0. The van der Waals surface area contributed by atoms with Crippen molar-refractivity contribution in [3.63, 3.8) is 0 Å². The number of carbonyl (C=O) groups is 1. The Kier molecular flexibility index (Phi) is 3.54. The van der Waals surface area contributed by atoms with Crippen molar-refractivity contribution in [1.29, 1.82) is 0 Å². The highest BCUT2D eigenvalue weighted by Gasteiger charge is 2.47. The van der Waals surface area contributed by atoms with E-state index in [1.807, 2.05) is 25.7 Å². The van der Waals surface area contributed by atoms with Crippen LogP contribution >= 0.6 is 0 Å². The zero-order chi connectivity index (χ0) is 15.9. The van der Waals surface area contributed by atoms with E-state index in [1.165, 1.54) is 0 Å². The van der Waals surface area contributed by atoms with E-state index in [0.29, 0.717) is 6.54 Å². The maximum absolute atomic E-state index is 12.2. The Hall–Kier alpha value is -2.11. The number of carbonyl (C=O) groups excluding carboxylic acids is 1. The summed E-state index contributed by atoms with van der Waals surface area (Å²) in [5.74, 6) is 0.724. The molecule has 1 aromatic heterocycles. The first-order valence-corrected chi connectivity index (χ1v) is 7.58. The van der Waals surface area contributed by atoms with Crippen molar-refractivity contribution in [2.45, 2.75) is 44.9 Å². The lowest BCUT2D eigenvalue weighted by Gasteiger charge is -2.35. The zero-order valence-corrected chi connectivity index (χ0v) is 13.3. The smallest absolute Gasteiger partial charge is 0.410 e. The fraction of sp³-hybridized carbons (Fsp3) is 0.562. The van der Waals surface area contributed by atoms with Crippen LogP contribution < -0.4 is 4.90 Å². The molecule has 0 N–H and O–H groups in total. The van der Waals surface area contributed by atoms with E-state index in [2.05, 4.69) is 21.4 Å². The summed E-state index contributed by atoms with van der Waals surface area (Å²) in [6.07, 6.45) is 6.00. The van der Waals surface area contributed by atoms with Crippen molar-refractivity contribution in [2.24, 2.45) is 0 Å². The summed E-state index contributed by atoms with van der Waals surface area (Å²) >= 11 is 0. The first kappa shape index (κ1) is 14.8. The summed E-state index contributed by atoms with van der Waals surface area (Å²) in [5.41, 5.74) is 0.450. The molecule has 1 unspecified atom stereocenters. The SMILES string of the molecule is C=Cc1cnc(N2C[C@@H]3CC2CN3C(=O)OC(C)(C)C)nc1. The van der Waals surface area contributed by atoms with Gasteiger partial charge >= 0.3 is 6.09 Å². The number of piperazine rings is 1. The van der Waals surface area contributed by atoms with Gasteiger partial charge in [-0.05, 0) is 27.2 Å².